The number of carbonyl (C=O) groups excluding carboxylic acids is 1. The van der Waals surface area contributed by atoms with Crippen LogP contribution in [0.15, 0.2) is 18.2 Å². The lowest BCUT2D eigenvalue weighted by Crippen LogP contribution is -2.28. The van der Waals surface area contributed by atoms with Gasteiger partial charge >= 0.3 is 0 Å². The molecule has 0 saturated heterocycles. The maximum atomic E-state index is 12.3. The van der Waals surface area contributed by atoms with E-state index in [1.807, 2.05) is 13.0 Å². The number of ether oxygens (including phenoxy) is 1. The maximum Gasteiger partial charge on any atom is 0.164 e. The fourth-order valence-corrected chi connectivity index (χ4v) is 2.44. The Hall–Kier alpha value is -1.55. The number of nitrogen functional groups attached to an aromatic ring is 1. The summed E-state index contributed by atoms with van der Waals surface area (Å²) >= 11 is 0. The largest absolute Gasteiger partial charge is 0.491 e. The van der Waals surface area contributed by atoms with Crippen LogP contribution >= 0.6 is 0 Å². The molecule has 0 bridgehead atoms. The molecule has 0 heterocycles. The third-order valence-corrected chi connectivity index (χ3v) is 3.53. The van der Waals surface area contributed by atoms with Gasteiger partial charge in [-0.2, -0.15) is 0 Å². The van der Waals surface area contributed by atoms with E-state index in [1.165, 1.54) is 0 Å². The van der Waals surface area contributed by atoms with E-state index in [2.05, 4.69) is 18.7 Å². The summed E-state index contributed by atoms with van der Waals surface area (Å²) in [5, 5.41) is 0. The second-order valence-corrected chi connectivity index (χ2v) is 5.62. The molecule has 0 radical (unpaired) electrons. The molecule has 124 valence electrons. The van der Waals surface area contributed by atoms with Crippen molar-refractivity contribution in [2.45, 2.75) is 46.5 Å². The molecule has 2 N–H and O–H groups in total. The lowest BCUT2D eigenvalue weighted by molar-refractivity contribution is 0.0964. The zero-order valence-electron chi connectivity index (χ0n) is 14.2. The van der Waals surface area contributed by atoms with Crippen LogP contribution in [-0.4, -0.2) is 36.9 Å². The summed E-state index contributed by atoms with van der Waals surface area (Å²) in [5.41, 5.74) is 7.18. The first kappa shape index (κ1) is 18.5. The highest BCUT2D eigenvalue weighted by Crippen LogP contribution is 2.23. The van der Waals surface area contributed by atoms with E-state index >= 15 is 0 Å². The first-order chi connectivity index (χ1) is 10.6. The number of anilines is 1. The van der Waals surface area contributed by atoms with E-state index in [0.717, 1.165) is 38.9 Å². The summed E-state index contributed by atoms with van der Waals surface area (Å²) < 4.78 is 5.54. The molecule has 4 nitrogen and oxygen atoms in total. The molecule has 22 heavy (non-hydrogen) atoms. The predicted octanol–water partition coefficient (Wildman–Crippen LogP) is 3.75. The Labute approximate surface area is 134 Å². The monoisotopic (exact) mass is 306 g/mol. The summed E-state index contributed by atoms with van der Waals surface area (Å²) in [7, 11) is 0. The molecular weight excluding hydrogens is 276 g/mol. The molecule has 0 saturated carbocycles. The first-order valence-corrected chi connectivity index (χ1v) is 8.40. The van der Waals surface area contributed by atoms with Gasteiger partial charge in [-0.15, -0.1) is 0 Å². The Morgan fingerprint density at radius 1 is 1.09 bits per heavy atom. The number of hydrogen-bond acceptors (Lipinski definition) is 4. The summed E-state index contributed by atoms with van der Waals surface area (Å²) in [6.45, 7) is 9.93. The number of Topliss-reactive ketones (excluding diaryl/α,β-unsaturated/α-hetero) is 1. The number of ketones is 1. The van der Waals surface area contributed by atoms with Gasteiger partial charge in [-0.25, -0.2) is 0 Å². The number of nitrogens with two attached hydrogens (primary N) is 1. The van der Waals surface area contributed by atoms with E-state index in [9.17, 15) is 4.79 Å². The second kappa shape index (κ2) is 10.2. The Morgan fingerprint density at radius 2 is 1.77 bits per heavy atom. The van der Waals surface area contributed by atoms with Gasteiger partial charge in [-0.1, -0.05) is 20.8 Å². The van der Waals surface area contributed by atoms with Crippen LogP contribution in [0.1, 0.15) is 56.8 Å². The minimum absolute atomic E-state index is 0.144. The van der Waals surface area contributed by atoms with Gasteiger partial charge in [0.15, 0.2) is 5.78 Å². The van der Waals surface area contributed by atoms with Crippen molar-refractivity contribution >= 4 is 11.5 Å². The molecule has 0 fully saturated rings. The molecule has 1 rings (SSSR count). The number of benzene rings is 1. The zero-order valence-corrected chi connectivity index (χ0v) is 14.2. The molecule has 0 spiro atoms. The third-order valence-electron chi connectivity index (χ3n) is 3.53. The number of nitrogens with zero attached hydrogens (tertiary/aromatic N) is 1. The van der Waals surface area contributed by atoms with E-state index in [4.69, 9.17) is 10.5 Å². The van der Waals surface area contributed by atoms with Crippen LogP contribution in [-0.2, 0) is 0 Å². The van der Waals surface area contributed by atoms with Crippen LogP contribution in [0, 0.1) is 0 Å². The van der Waals surface area contributed by atoms with Crippen molar-refractivity contribution in [1.29, 1.82) is 0 Å². The molecule has 1 aromatic carbocycles. The standard InChI is InChI=1S/C18H30N2O2/c1-4-10-20(11-5-2)12-9-17(21)15-7-8-18(16(19)14-15)22-13-6-3/h7-8,14H,4-6,9-13,19H2,1-3H3. The number of rotatable bonds is 11. The Morgan fingerprint density at radius 3 is 2.32 bits per heavy atom. The Balaban J connectivity index is 2.59. The van der Waals surface area contributed by atoms with E-state index in [1.54, 1.807) is 12.1 Å². The van der Waals surface area contributed by atoms with Crippen molar-refractivity contribution < 1.29 is 9.53 Å². The smallest absolute Gasteiger partial charge is 0.164 e. The fraction of sp³-hybridized carbons (Fsp3) is 0.611. The van der Waals surface area contributed by atoms with Gasteiger partial charge < -0.3 is 15.4 Å². The van der Waals surface area contributed by atoms with E-state index in [-0.39, 0.29) is 5.78 Å². The third kappa shape index (κ3) is 6.06. The van der Waals surface area contributed by atoms with Crippen molar-refractivity contribution in [3.63, 3.8) is 0 Å². The van der Waals surface area contributed by atoms with Crippen LogP contribution < -0.4 is 10.5 Å². The van der Waals surface area contributed by atoms with Crippen molar-refractivity contribution in [3.8, 4) is 5.75 Å². The van der Waals surface area contributed by atoms with Gasteiger partial charge in [-0.3, -0.25) is 4.79 Å². The molecule has 0 aliphatic carbocycles. The minimum atomic E-state index is 0.144. The average Bonchev–Trinajstić information content (AvgIpc) is 2.51. The molecular formula is C18H30N2O2. The Bertz CT molecular complexity index is 454. The molecule has 0 aromatic heterocycles. The van der Waals surface area contributed by atoms with Crippen LogP contribution in [0.5, 0.6) is 5.75 Å². The molecule has 0 unspecified atom stereocenters. The summed E-state index contributed by atoms with van der Waals surface area (Å²) in [4.78, 5) is 14.7. The molecule has 4 heteroatoms. The maximum absolute atomic E-state index is 12.3. The number of carbonyl (C=O) groups is 1. The molecule has 0 amide bonds. The quantitative estimate of drug-likeness (QED) is 0.499. The Kier molecular flexibility index (Phi) is 8.60. The lowest BCUT2D eigenvalue weighted by atomic mass is 10.1. The molecule has 1 aromatic rings. The highest BCUT2D eigenvalue weighted by Gasteiger charge is 2.11. The van der Waals surface area contributed by atoms with Crippen molar-refractivity contribution in [2.75, 3.05) is 32.0 Å². The topological polar surface area (TPSA) is 55.6 Å². The predicted molar refractivity (Wildman–Crippen MR) is 92.6 cm³/mol. The van der Waals surface area contributed by atoms with Crippen LogP contribution in [0.3, 0.4) is 0 Å². The second-order valence-electron chi connectivity index (χ2n) is 5.62. The lowest BCUT2D eigenvalue weighted by Gasteiger charge is -2.20. The van der Waals surface area contributed by atoms with Crippen molar-refractivity contribution in [1.82, 2.24) is 4.90 Å². The first-order valence-electron chi connectivity index (χ1n) is 8.40. The molecule has 0 aliphatic heterocycles. The normalized spacial score (nSPS) is 10.9. The van der Waals surface area contributed by atoms with Crippen LogP contribution in [0.25, 0.3) is 0 Å². The average molecular weight is 306 g/mol. The van der Waals surface area contributed by atoms with Gasteiger partial charge in [0.05, 0.1) is 12.3 Å². The summed E-state index contributed by atoms with van der Waals surface area (Å²) in [6, 6.07) is 5.35. The van der Waals surface area contributed by atoms with Gasteiger partial charge in [-0.05, 0) is 50.6 Å². The van der Waals surface area contributed by atoms with Gasteiger partial charge in [0, 0.05) is 18.5 Å². The highest BCUT2D eigenvalue weighted by atomic mass is 16.5. The minimum Gasteiger partial charge on any atom is -0.491 e. The molecule has 0 aliphatic rings. The van der Waals surface area contributed by atoms with E-state index in [0.29, 0.717) is 30.0 Å². The van der Waals surface area contributed by atoms with Gasteiger partial charge in [0.1, 0.15) is 5.75 Å². The molecule has 0 atom stereocenters. The SMILES string of the molecule is CCCOc1ccc(C(=O)CCN(CCC)CCC)cc1N. The summed E-state index contributed by atoms with van der Waals surface area (Å²) in [5.74, 6) is 0.808. The highest BCUT2D eigenvalue weighted by molar-refractivity contribution is 5.97. The van der Waals surface area contributed by atoms with Crippen molar-refractivity contribution in [3.05, 3.63) is 23.8 Å². The van der Waals surface area contributed by atoms with E-state index < -0.39 is 0 Å². The van der Waals surface area contributed by atoms with Crippen LogP contribution in [0.2, 0.25) is 0 Å². The van der Waals surface area contributed by atoms with Crippen LogP contribution in [0.4, 0.5) is 5.69 Å². The zero-order chi connectivity index (χ0) is 16.4. The van der Waals surface area contributed by atoms with Crippen molar-refractivity contribution in [2.24, 2.45) is 0 Å². The fourth-order valence-electron chi connectivity index (χ4n) is 2.44. The van der Waals surface area contributed by atoms with Gasteiger partial charge in [0.2, 0.25) is 0 Å². The number of hydrogen-bond donors (Lipinski definition) is 1. The summed E-state index contributed by atoms with van der Waals surface area (Å²) in [6.07, 6.45) is 3.70. The van der Waals surface area contributed by atoms with Gasteiger partial charge in [0.25, 0.3) is 0 Å².